The van der Waals surface area contributed by atoms with E-state index in [1.54, 1.807) is 0 Å². The summed E-state index contributed by atoms with van der Waals surface area (Å²) in [7, 11) is 0. The lowest BCUT2D eigenvalue weighted by Gasteiger charge is -2.28. The molecule has 0 bridgehead atoms. The number of nitrogens with one attached hydrogen (secondary N) is 1. The molecule has 0 heterocycles. The van der Waals surface area contributed by atoms with Crippen LogP contribution in [0.2, 0.25) is 0 Å². The molecular weight excluding hydrogens is 246 g/mol. The molecule has 0 saturated heterocycles. The van der Waals surface area contributed by atoms with E-state index in [1.807, 2.05) is 30.3 Å². The molecule has 1 aromatic carbocycles. The zero-order chi connectivity index (χ0) is 13.0. The first-order chi connectivity index (χ1) is 8.65. The molecule has 0 radical (unpaired) electrons. The average molecular weight is 264 g/mol. The summed E-state index contributed by atoms with van der Waals surface area (Å²) in [4.78, 5) is 12.5. The van der Waals surface area contributed by atoms with Gasteiger partial charge in [0.05, 0.1) is 12.0 Å². The molecule has 1 amide bonds. The standard InChI is InChI=1S/C15H18ClNO/c1-12(16)11-17-14(18)15(9-5-6-10-15)13-7-3-2-4-8-13/h2-4,7-8H,1,5-6,9-11H2,(H,17,18). The van der Waals surface area contributed by atoms with E-state index in [-0.39, 0.29) is 11.3 Å². The third kappa shape index (κ3) is 2.59. The van der Waals surface area contributed by atoms with Gasteiger partial charge >= 0.3 is 0 Å². The van der Waals surface area contributed by atoms with E-state index in [0.29, 0.717) is 11.6 Å². The summed E-state index contributed by atoms with van der Waals surface area (Å²) in [6.07, 6.45) is 4.03. The summed E-state index contributed by atoms with van der Waals surface area (Å²) in [5.41, 5.74) is 0.744. The summed E-state index contributed by atoms with van der Waals surface area (Å²) < 4.78 is 0. The summed E-state index contributed by atoms with van der Waals surface area (Å²) in [6.45, 7) is 3.94. The minimum Gasteiger partial charge on any atom is -0.350 e. The summed E-state index contributed by atoms with van der Waals surface area (Å²) in [5, 5.41) is 3.36. The quantitative estimate of drug-likeness (QED) is 0.887. The first kappa shape index (κ1) is 13.2. The fourth-order valence-electron chi connectivity index (χ4n) is 2.73. The Morgan fingerprint density at radius 2 is 1.89 bits per heavy atom. The molecule has 96 valence electrons. The maximum absolute atomic E-state index is 12.5. The van der Waals surface area contributed by atoms with Crippen molar-refractivity contribution in [3.63, 3.8) is 0 Å². The Morgan fingerprint density at radius 1 is 1.28 bits per heavy atom. The van der Waals surface area contributed by atoms with Crippen LogP contribution in [0.1, 0.15) is 31.2 Å². The molecule has 1 fully saturated rings. The number of benzene rings is 1. The van der Waals surface area contributed by atoms with E-state index in [9.17, 15) is 4.79 Å². The molecule has 3 heteroatoms. The fourth-order valence-corrected chi connectivity index (χ4v) is 2.79. The van der Waals surface area contributed by atoms with E-state index in [1.165, 1.54) is 0 Å². The highest BCUT2D eigenvalue weighted by Crippen LogP contribution is 2.41. The Hall–Kier alpha value is -1.28. The van der Waals surface area contributed by atoms with Gasteiger partial charge in [-0.25, -0.2) is 0 Å². The predicted molar refractivity (Wildman–Crippen MR) is 74.6 cm³/mol. The number of carbonyl (C=O) groups is 1. The van der Waals surface area contributed by atoms with Crippen molar-refractivity contribution in [2.45, 2.75) is 31.1 Å². The van der Waals surface area contributed by atoms with Crippen molar-refractivity contribution in [3.05, 3.63) is 47.5 Å². The number of rotatable bonds is 4. The van der Waals surface area contributed by atoms with Gasteiger partial charge in [-0.15, -0.1) is 0 Å². The molecule has 18 heavy (non-hydrogen) atoms. The molecule has 0 aliphatic heterocycles. The second-order valence-electron chi connectivity index (χ2n) is 4.86. The minimum absolute atomic E-state index is 0.0769. The van der Waals surface area contributed by atoms with Crippen molar-refractivity contribution in [3.8, 4) is 0 Å². The van der Waals surface area contributed by atoms with Crippen LogP contribution in [0, 0.1) is 0 Å². The minimum atomic E-state index is -0.367. The molecule has 0 spiro atoms. The van der Waals surface area contributed by atoms with Crippen molar-refractivity contribution < 1.29 is 4.79 Å². The van der Waals surface area contributed by atoms with Crippen LogP contribution in [-0.2, 0) is 10.2 Å². The van der Waals surface area contributed by atoms with Crippen molar-refractivity contribution in [1.29, 1.82) is 0 Å². The zero-order valence-electron chi connectivity index (χ0n) is 10.4. The second-order valence-corrected chi connectivity index (χ2v) is 5.39. The number of carbonyl (C=O) groups excluding carboxylic acids is 1. The molecule has 1 N–H and O–H groups in total. The number of hydrogen-bond acceptors (Lipinski definition) is 1. The Labute approximate surface area is 113 Å². The van der Waals surface area contributed by atoms with Crippen LogP contribution in [0.25, 0.3) is 0 Å². The topological polar surface area (TPSA) is 29.1 Å². The van der Waals surface area contributed by atoms with Gasteiger partial charge in [0.2, 0.25) is 5.91 Å². The average Bonchev–Trinajstić information content (AvgIpc) is 2.87. The maximum atomic E-state index is 12.5. The van der Waals surface area contributed by atoms with Crippen LogP contribution in [0.4, 0.5) is 0 Å². The Balaban J connectivity index is 2.22. The van der Waals surface area contributed by atoms with Gasteiger partial charge in [-0.3, -0.25) is 4.79 Å². The van der Waals surface area contributed by atoms with E-state index in [0.717, 1.165) is 31.2 Å². The van der Waals surface area contributed by atoms with Gasteiger partial charge in [-0.1, -0.05) is 61.4 Å². The summed E-state index contributed by atoms with van der Waals surface area (Å²) >= 11 is 5.71. The monoisotopic (exact) mass is 263 g/mol. The largest absolute Gasteiger partial charge is 0.350 e. The Kier molecular flexibility index (Phi) is 4.07. The van der Waals surface area contributed by atoms with Crippen molar-refractivity contribution in [1.82, 2.24) is 5.32 Å². The van der Waals surface area contributed by atoms with Crippen LogP contribution in [0.5, 0.6) is 0 Å². The van der Waals surface area contributed by atoms with Crippen LogP contribution < -0.4 is 5.32 Å². The molecular formula is C15H18ClNO. The number of amides is 1. The van der Waals surface area contributed by atoms with Crippen LogP contribution in [-0.4, -0.2) is 12.5 Å². The number of halogens is 1. The van der Waals surface area contributed by atoms with Crippen LogP contribution in [0.3, 0.4) is 0 Å². The smallest absolute Gasteiger partial charge is 0.230 e. The van der Waals surface area contributed by atoms with E-state index < -0.39 is 0 Å². The molecule has 1 saturated carbocycles. The van der Waals surface area contributed by atoms with Crippen LogP contribution >= 0.6 is 11.6 Å². The molecule has 2 rings (SSSR count). The SMILES string of the molecule is C=C(Cl)CNC(=O)C1(c2ccccc2)CCCC1. The molecule has 0 unspecified atom stereocenters. The molecule has 0 atom stereocenters. The normalized spacial score (nSPS) is 17.4. The van der Waals surface area contributed by atoms with Gasteiger partial charge in [0.15, 0.2) is 0 Å². The molecule has 1 aliphatic rings. The Morgan fingerprint density at radius 3 is 2.44 bits per heavy atom. The van der Waals surface area contributed by atoms with Gasteiger partial charge in [0.1, 0.15) is 0 Å². The molecule has 0 aromatic heterocycles. The predicted octanol–water partition coefficient (Wildman–Crippen LogP) is 3.37. The van der Waals surface area contributed by atoms with Crippen LogP contribution in [0.15, 0.2) is 41.9 Å². The third-order valence-electron chi connectivity index (χ3n) is 3.66. The van der Waals surface area contributed by atoms with E-state index in [4.69, 9.17) is 11.6 Å². The fraction of sp³-hybridized carbons (Fsp3) is 0.400. The van der Waals surface area contributed by atoms with E-state index in [2.05, 4.69) is 11.9 Å². The first-order valence-electron chi connectivity index (χ1n) is 6.32. The highest BCUT2D eigenvalue weighted by atomic mass is 35.5. The Bertz CT molecular complexity index is 435. The summed E-state index contributed by atoms with van der Waals surface area (Å²) in [5.74, 6) is 0.0769. The van der Waals surface area contributed by atoms with Gasteiger partial charge in [0, 0.05) is 5.03 Å². The van der Waals surface area contributed by atoms with Crippen molar-refractivity contribution in [2.75, 3.05) is 6.54 Å². The molecule has 2 nitrogen and oxygen atoms in total. The van der Waals surface area contributed by atoms with Gasteiger partial charge in [0.25, 0.3) is 0 Å². The van der Waals surface area contributed by atoms with Gasteiger partial charge in [-0.05, 0) is 18.4 Å². The maximum Gasteiger partial charge on any atom is 0.230 e. The lowest BCUT2D eigenvalue weighted by atomic mass is 9.78. The van der Waals surface area contributed by atoms with Crippen molar-refractivity contribution in [2.24, 2.45) is 0 Å². The molecule has 1 aromatic rings. The lowest BCUT2D eigenvalue weighted by molar-refractivity contribution is -0.126. The van der Waals surface area contributed by atoms with E-state index >= 15 is 0 Å². The summed E-state index contributed by atoms with van der Waals surface area (Å²) in [6, 6.07) is 10.0. The highest BCUT2D eigenvalue weighted by Gasteiger charge is 2.42. The highest BCUT2D eigenvalue weighted by molar-refractivity contribution is 6.29. The third-order valence-corrected chi connectivity index (χ3v) is 3.79. The zero-order valence-corrected chi connectivity index (χ0v) is 11.2. The number of hydrogen-bond donors (Lipinski definition) is 1. The first-order valence-corrected chi connectivity index (χ1v) is 6.70. The second kappa shape index (κ2) is 5.57. The molecule has 1 aliphatic carbocycles. The van der Waals surface area contributed by atoms with Gasteiger partial charge in [-0.2, -0.15) is 0 Å². The van der Waals surface area contributed by atoms with Gasteiger partial charge < -0.3 is 5.32 Å². The van der Waals surface area contributed by atoms with Crippen molar-refractivity contribution >= 4 is 17.5 Å². The lowest BCUT2D eigenvalue weighted by Crippen LogP contribution is -2.43.